The van der Waals surface area contributed by atoms with Gasteiger partial charge in [-0.05, 0) is 36.8 Å². The number of aliphatic hydroxyl groups is 3. The van der Waals surface area contributed by atoms with Gasteiger partial charge in [-0.1, -0.05) is 87.5 Å². The molecular weight excluding hydrogens is 803 g/mol. The maximum atomic E-state index is 15.5. The van der Waals surface area contributed by atoms with Crippen LogP contribution < -0.4 is 5.32 Å². The number of nitrogens with one attached hydrogen (secondary N) is 1. The molecule has 4 N–H and O–H groups in total. The molecule has 4 saturated carbocycles. The van der Waals surface area contributed by atoms with Crippen molar-refractivity contribution in [3.05, 3.63) is 108 Å². The summed E-state index contributed by atoms with van der Waals surface area (Å²) in [4.78, 5) is 84.6. The lowest BCUT2D eigenvalue weighted by Crippen LogP contribution is -2.84. The Morgan fingerprint density at radius 2 is 1.40 bits per heavy atom. The van der Waals surface area contributed by atoms with E-state index in [1.807, 2.05) is 0 Å². The van der Waals surface area contributed by atoms with E-state index < -0.39 is 123 Å². The first-order valence-electron chi connectivity index (χ1n) is 20.8. The Labute approximate surface area is 358 Å². The lowest BCUT2D eigenvalue weighted by molar-refractivity contribution is -0.387. The number of ketones is 1. The highest BCUT2D eigenvalue weighted by atomic mass is 16.6. The number of benzene rings is 3. The maximum Gasteiger partial charge on any atom is 0.338 e. The third kappa shape index (κ3) is 5.43. The third-order valence-electron chi connectivity index (χ3n) is 15.3. The average molecular weight is 854 g/mol. The average Bonchev–Trinajstić information content (AvgIpc) is 3.46. The largest absolute Gasteiger partial charge is 0.460 e. The minimum Gasteiger partial charge on any atom is -0.460 e. The Hall–Kier alpha value is -5.48. The van der Waals surface area contributed by atoms with Gasteiger partial charge in [-0.15, -0.1) is 0 Å². The molecule has 1 amide bonds. The molecule has 1 heterocycles. The van der Waals surface area contributed by atoms with Crippen LogP contribution in [0.3, 0.4) is 0 Å². The predicted octanol–water partition coefficient (Wildman–Crippen LogP) is 3.43. The number of carbonyl (C=O) groups excluding carboxylic acids is 6. The SMILES string of the molecule is CC(=O)O[C@H]1C(=O)[C@]2(C)[C@@H](O)C[C@H]3OC[C@@]3(OC(C)=O)C23[C@H](OC(=O)c2ccccc2)[C@]2(O)C[C@H](OC(=O)[C@H](O)[C@@H](NC(=O)c4ccccc4)c4ccccc4)C(C)C13C2(C)C. The van der Waals surface area contributed by atoms with E-state index in [1.54, 1.807) is 99.6 Å². The van der Waals surface area contributed by atoms with E-state index in [-0.39, 0.29) is 24.2 Å². The number of fused-ring (bicyclic) bond motifs is 2. The summed E-state index contributed by atoms with van der Waals surface area (Å²) in [5.41, 5.74) is -11.4. The van der Waals surface area contributed by atoms with Crippen molar-refractivity contribution in [2.24, 2.45) is 27.6 Å². The number of hydrogen-bond acceptors (Lipinski definition) is 14. The molecule has 13 atom stereocenters. The molecule has 1 saturated heterocycles. The van der Waals surface area contributed by atoms with Crippen LogP contribution >= 0.6 is 0 Å². The summed E-state index contributed by atoms with van der Waals surface area (Å²) in [7, 11) is 0. The molecule has 2 spiro atoms. The van der Waals surface area contributed by atoms with Crippen molar-refractivity contribution in [2.75, 3.05) is 6.61 Å². The van der Waals surface area contributed by atoms with Crippen molar-refractivity contribution in [3.8, 4) is 0 Å². The molecule has 62 heavy (non-hydrogen) atoms. The van der Waals surface area contributed by atoms with Crippen molar-refractivity contribution in [1.29, 1.82) is 0 Å². The Morgan fingerprint density at radius 3 is 1.95 bits per heavy atom. The summed E-state index contributed by atoms with van der Waals surface area (Å²) in [5.74, 6) is -6.35. The van der Waals surface area contributed by atoms with E-state index in [4.69, 9.17) is 23.7 Å². The molecule has 3 unspecified atom stereocenters. The standard InChI is InChI=1S/C47H51NO14/c1-25-31(60-40(56)35(52)34(28-16-10-7-11-17-28)48-38(54)29-18-12-8-13-19-29)23-44(57)41(61-39(55)30-20-14-9-15-21-30)47-43(6,32(51)22-33-45(47,24-58-33)62-27(3)50)36(53)37(59-26(2)49)46(25,47)42(44,4)5/h7-21,25,31-35,37,41,51-52,57H,22-24H2,1-6H3,(H,48,54)/t25?,31-,32-,33+,34-,35+,37-,41+,43-,44+,45-,46?,47?/m0/s1. The molecule has 15 heteroatoms. The topological polar surface area (TPSA) is 221 Å². The summed E-state index contributed by atoms with van der Waals surface area (Å²) < 4.78 is 31.3. The van der Waals surface area contributed by atoms with Gasteiger partial charge in [0.2, 0.25) is 0 Å². The fourth-order valence-electron chi connectivity index (χ4n) is 12.8. The highest BCUT2D eigenvalue weighted by molar-refractivity contribution is 5.98. The van der Waals surface area contributed by atoms with E-state index in [0.29, 0.717) is 5.56 Å². The van der Waals surface area contributed by atoms with E-state index in [2.05, 4.69) is 5.32 Å². The number of ether oxygens (including phenoxy) is 5. The van der Waals surface area contributed by atoms with Crippen LogP contribution in [0.4, 0.5) is 0 Å². The molecule has 0 aromatic heterocycles. The van der Waals surface area contributed by atoms with Gasteiger partial charge in [-0.2, -0.15) is 0 Å². The van der Waals surface area contributed by atoms with Crippen molar-refractivity contribution in [2.45, 2.75) is 108 Å². The molecule has 328 valence electrons. The van der Waals surface area contributed by atoms with Crippen molar-refractivity contribution in [3.63, 3.8) is 0 Å². The molecule has 3 aromatic carbocycles. The fourth-order valence-corrected chi connectivity index (χ4v) is 12.8. The minimum absolute atomic E-state index is 0.0753. The second-order valence-electron chi connectivity index (χ2n) is 18.1. The summed E-state index contributed by atoms with van der Waals surface area (Å²) in [6.07, 6.45) is -10.5. The molecule has 0 radical (unpaired) electrons. The van der Waals surface area contributed by atoms with Crippen LogP contribution in [0.1, 0.15) is 86.7 Å². The first-order valence-corrected chi connectivity index (χ1v) is 20.8. The van der Waals surface area contributed by atoms with E-state index in [0.717, 1.165) is 13.8 Å². The molecule has 5 fully saturated rings. The van der Waals surface area contributed by atoms with Crippen LogP contribution in [0.15, 0.2) is 91.0 Å². The lowest BCUT2D eigenvalue weighted by atomic mass is 9.37. The number of aliphatic hydroxyl groups excluding tert-OH is 2. The Bertz CT molecular complexity index is 2310. The second-order valence-corrected chi connectivity index (χ2v) is 18.1. The zero-order chi connectivity index (χ0) is 44.8. The van der Waals surface area contributed by atoms with E-state index in [9.17, 15) is 39.3 Å². The van der Waals surface area contributed by atoms with Crippen LogP contribution in [0, 0.1) is 27.6 Å². The summed E-state index contributed by atoms with van der Waals surface area (Å²) in [5, 5.41) is 40.7. The second kappa shape index (κ2) is 14.8. The van der Waals surface area contributed by atoms with Gasteiger partial charge in [0.15, 0.2) is 23.6 Å². The van der Waals surface area contributed by atoms with Crippen molar-refractivity contribution >= 4 is 35.6 Å². The number of esters is 4. The molecule has 2 bridgehead atoms. The van der Waals surface area contributed by atoms with Gasteiger partial charge in [0.1, 0.15) is 23.9 Å². The molecular formula is C47H51NO14. The quantitative estimate of drug-likeness (QED) is 0.170. The first kappa shape index (κ1) is 43.2. The fraction of sp³-hybridized carbons (Fsp3) is 0.489. The van der Waals surface area contributed by atoms with Gasteiger partial charge < -0.3 is 44.3 Å². The zero-order valence-corrected chi connectivity index (χ0v) is 35.2. The number of Topliss-reactive ketones (excluding diaryl/α,β-unsaturated/α-hetero) is 1. The molecule has 8 rings (SSSR count). The molecule has 4 aliphatic carbocycles. The van der Waals surface area contributed by atoms with Gasteiger partial charge in [0, 0.05) is 49.0 Å². The first-order chi connectivity index (χ1) is 29.3. The molecule has 3 aromatic rings. The monoisotopic (exact) mass is 853 g/mol. The summed E-state index contributed by atoms with van der Waals surface area (Å²) in [6.45, 7) is 8.25. The third-order valence-corrected chi connectivity index (χ3v) is 15.3. The van der Waals surface area contributed by atoms with Gasteiger partial charge in [0.25, 0.3) is 5.91 Å². The van der Waals surface area contributed by atoms with Gasteiger partial charge in [-0.25, -0.2) is 9.59 Å². The Morgan fingerprint density at radius 1 is 0.823 bits per heavy atom. The van der Waals surface area contributed by atoms with E-state index in [1.165, 1.54) is 19.1 Å². The highest BCUT2D eigenvalue weighted by Gasteiger charge is 3.02. The number of carbonyl (C=O) groups is 6. The van der Waals surface area contributed by atoms with Crippen LogP contribution in [0.5, 0.6) is 0 Å². The molecule has 1 aliphatic heterocycles. The zero-order valence-electron chi connectivity index (χ0n) is 35.2. The summed E-state index contributed by atoms with van der Waals surface area (Å²) >= 11 is 0. The lowest BCUT2D eigenvalue weighted by Gasteiger charge is -2.70. The smallest absolute Gasteiger partial charge is 0.338 e. The molecule has 5 aliphatic rings. The van der Waals surface area contributed by atoms with Crippen molar-refractivity contribution in [1.82, 2.24) is 5.32 Å². The maximum absolute atomic E-state index is 15.5. The van der Waals surface area contributed by atoms with Crippen LogP contribution in [-0.2, 0) is 42.9 Å². The van der Waals surface area contributed by atoms with Gasteiger partial charge >= 0.3 is 23.9 Å². The highest BCUT2D eigenvalue weighted by Crippen LogP contribution is 2.89. The normalized spacial score (nSPS) is 36.9. The number of rotatable bonds is 10. The Balaban J connectivity index is 1.32. The Kier molecular flexibility index (Phi) is 10.3. The predicted molar refractivity (Wildman–Crippen MR) is 216 cm³/mol. The number of hydrogen-bond donors (Lipinski definition) is 4. The summed E-state index contributed by atoms with van der Waals surface area (Å²) in [6, 6.07) is 23.0. The van der Waals surface area contributed by atoms with Crippen LogP contribution in [-0.4, -0.2) is 105 Å². The van der Waals surface area contributed by atoms with Crippen LogP contribution in [0.2, 0.25) is 0 Å². The van der Waals surface area contributed by atoms with E-state index >= 15 is 4.79 Å². The van der Waals surface area contributed by atoms with Gasteiger partial charge in [0.05, 0.1) is 35.1 Å². The van der Waals surface area contributed by atoms with Gasteiger partial charge in [-0.3, -0.25) is 19.2 Å². The van der Waals surface area contributed by atoms with Crippen molar-refractivity contribution < 1.29 is 67.8 Å². The minimum atomic E-state index is -2.31. The van der Waals surface area contributed by atoms with Crippen LogP contribution in [0.25, 0.3) is 0 Å². The number of amides is 1. The molecule has 15 nitrogen and oxygen atoms in total.